The zero-order chi connectivity index (χ0) is 24.6. The topological polar surface area (TPSA) is 108 Å². The van der Waals surface area contributed by atoms with Crippen molar-refractivity contribution >= 4 is 35.0 Å². The molecule has 1 saturated heterocycles. The van der Waals surface area contributed by atoms with E-state index in [1.54, 1.807) is 0 Å². The highest BCUT2D eigenvalue weighted by Gasteiger charge is 2.40. The van der Waals surface area contributed by atoms with Crippen molar-refractivity contribution in [3.05, 3.63) is 44.8 Å². The fourth-order valence-electron chi connectivity index (χ4n) is 4.96. The normalized spacial score (nSPS) is 22.7. The van der Waals surface area contributed by atoms with E-state index < -0.39 is 11.9 Å². The number of nitrogens with zero attached hydrogens (tertiary/aromatic N) is 1. The summed E-state index contributed by atoms with van der Waals surface area (Å²) in [5.41, 5.74) is 4.35. The van der Waals surface area contributed by atoms with E-state index in [9.17, 15) is 19.2 Å². The Balaban J connectivity index is 1.30. The van der Waals surface area contributed by atoms with Gasteiger partial charge in [0.15, 0.2) is 0 Å². The van der Waals surface area contributed by atoms with Crippen LogP contribution in [0.15, 0.2) is 28.8 Å². The summed E-state index contributed by atoms with van der Waals surface area (Å²) in [6.07, 6.45) is 5.67. The first-order valence-electron chi connectivity index (χ1n) is 11.7. The fraction of sp³-hybridized carbons (Fsp3) is 0.520. The Kier molecular flexibility index (Phi) is 6.66. The van der Waals surface area contributed by atoms with Gasteiger partial charge in [-0.1, -0.05) is 39.3 Å². The van der Waals surface area contributed by atoms with Crippen LogP contribution in [0.25, 0.3) is 0 Å². The van der Waals surface area contributed by atoms with Crippen LogP contribution in [-0.4, -0.2) is 41.1 Å². The molecule has 2 aliphatic heterocycles. The van der Waals surface area contributed by atoms with E-state index in [2.05, 4.69) is 55.8 Å². The van der Waals surface area contributed by atoms with E-state index in [4.69, 9.17) is 0 Å². The Morgan fingerprint density at radius 2 is 2.00 bits per heavy atom. The number of imide groups is 1. The molecule has 1 aromatic heterocycles. The number of amides is 4. The molecule has 182 valence electrons. The fourth-order valence-corrected chi connectivity index (χ4v) is 6.00. The molecule has 0 radical (unpaired) electrons. The zero-order valence-electron chi connectivity index (χ0n) is 20.1. The van der Waals surface area contributed by atoms with Crippen LogP contribution in [0.1, 0.15) is 67.8 Å². The number of hydrogen-bond acceptors (Lipinski definition) is 6. The summed E-state index contributed by atoms with van der Waals surface area (Å²) in [5.74, 6) is -0.602. The van der Waals surface area contributed by atoms with Crippen LogP contribution in [0.4, 0.5) is 0 Å². The zero-order valence-corrected chi connectivity index (χ0v) is 20.9. The molecule has 8 nitrogen and oxygen atoms in total. The number of rotatable bonds is 6. The van der Waals surface area contributed by atoms with Gasteiger partial charge < -0.3 is 15.5 Å². The summed E-state index contributed by atoms with van der Waals surface area (Å²) in [6, 6.07) is -0.629. The lowest BCUT2D eigenvalue weighted by molar-refractivity contribution is -0.137. The molecule has 1 aromatic rings. The second-order valence-electron chi connectivity index (χ2n) is 10.3. The Bertz CT molecular complexity index is 1090. The van der Waals surface area contributed by atoms with E-state index in [0.29, 0.717) is 30.3 Å². The van der Waals surface area contributed by atoms with Gasteiger partial charge in [0.25, 0.3) is 5.91 Å². The quantitative estimate of drug-likeness (QED) is 0.538. The lowest BCUT2D eigenvalue weighted by atomic mass is 9.75. The molecule has 3 N–H and O–H groups in total. The Labute approximate surface area is 203 Å². The van der Waals surface area contributed by atoms with Gasteiger partial charge in [0.05, 0.1) is 11.4 Å². The van der Waals surface area contributed by atoms with Crippen LogP contribution in [0.3, 0.4) is 0 Å². The highest BCUT2D eigenvalue weighted by molar-refractivity contribution is 7.12. The molecule has 9 heteroatoms. The molecule has 3 aliphatic rings. The second-order valence-corrected chi connectivity index (χ2v) is 11.1. The number of piperidine rings is 1. The molecule has 1 aliphatic carbocycles. The molecule has 0 bridgehead atoms. The third-order valence-electron chi connectivity index (χ3n) is 6.69. The smallest absolute Gasteiger partial charge is 0.265 e. The van der Waals surface area contributed by atoms with Gasteiger partial charge in [0.1, 0.15) is 6.04 Å². The predicted octanol–water partition coefficient (Wildman–Crippen LogP) is 2.61. The van der Waals surface area contributed by atoms with Gasteiger partial charge in [-0.25, -0.2) is 0 Å². The van der Waals surface area contributed by atoms with Crippen LogP contribution in [-0.2, 0) is 27.5 Å². The molecular weight excluding hydrogens is 452 g/mol. The first kappa shape index (κ1) is 24.2. The van der Waals surface area contributed by atoms with Crippen LogP contribution < -0.4 is 16.0 Å². The average molecular weight is 485 g/mol. The van der Waals surface area contributed by atoms with Crippen molar-refractivity contribution in [3.8, 4) is 0 Å². The van der Waals surface area contributed by atoms with Crippen LogP contribution >= 0.6 is 11.3 Å². The van der Waals surface area contributed by atoms with Crippen molar-refractivity contribution in [2.75, 3.05) is 6.54 Å². The molecule has 1 unspecified atom stereocenters. The Hall–Kier alpha value is -2.94. The van der Waals surface area contributed by atoms with E-state index in [1.165, 1.54) is 21.8 Å². The van der Waals surface area contributed by atoms with Crippen LogP contribution in [0.2, 0.25) is 0 Å². The summed E-state index contributed by atoms with van der Waals surface area (Å²) in [5, 5.41) is 10.4. The van der Waals surface area contributed by atoms with Gasteiger partial charge in [-0.2, -0.15) is 0 Å². The third-order valence-corrected chi connectivity index (χ3v) is 7.75. The van der Waals surface area contributed by atoms with Crippen molar-refractivity contribution in [2.45, 2.75) is 66.1 Å². The number of carbonyl (C=O) groups is 4. The van der Waals surface area contributed by atoms with Gasteiger partial charge in [0, 0.05) is 30.8 Å². The molecule has 3 heterocycles. The minimum Gasteiger partial charge on any atom is -0.380 e. The van der Waals surface area contributed by atoms with E-state index in [1.807, 2.05) is 5.38 Å². The Morgan fingerprint density at radius 1 is 1.24 bits per heavy atom. The van der Waals surface area contributed by atoms with Crippen LogP contribution in [0.5, 0.6) is 0 Å². The van der Waals surface area contributed by atoms with Crippen molar-refractivity contribution in [3.63, 3.8) is 0 Å². The van der Waals surface area contributed by atoms with Gasteiger partial charge in [-0.3, -0.25) is 24.5 Å². The molecule has 4 amide bonds. The van der Waals surface area contributed by atoms with Gasteiger partial charge >= 0.3 is 0 Å². The first-order chi connectivity index (χ1) is 16.0. The number of nitrogens with one attached hydrogen (secondary N) is 3. The van der Waals surface area contributed by atoms with E-state index >= 15 is 0 Å². The van der Waals surface area contributed by atoms with Crippen molar-refractivity contribution < 1.29 is 19.2 Å². The lowest BCUT2D eigenvalue weighted by Gasteiger charge is -2.31. The number of carbonyl (C=O) groups excluding carboxylic acids is 4. The van der Waals surface area contributed by atoms with Crippen LogP contribution in [0, 0.1) is 11.3 Å². The number of fused-ring (bicyclic) bond motifs is 1. The summed E-state index contributed by atoms with van der Waals surface area (Å²) in [7, 11) is 0. The number of allylic oxidation sites excluding steroid dienone is 4. The summed E-state index contributed by atoms with van der Waals surface area (Å²) < 4.78 is 0. The standard InChI is InChI=1S/C25H32N4O4S/c1-14-9-16(5-6-18(14)25(2,3)4)26-11-21(31)27-10-15-13-34-22-17(15)12-29(24(22)33)19-7-8-20(30)28-23(19)32/h5-6,13-14,19,26H,7-12H2,1-4H3,(H,27,31)(H,28,30,32)/t14?,19-/m0/s1. The molecule has 0 saturated carbocycles. The minimum absolute atomic E-state index is 0.120. The van der Waals surface area contributed by atoms with E-state index in [-0.39, 0.29) is 36.1 Å². The summed E-state index contributed by atoms with van der Waals surface area (Å²) in [4.78, 5) is 51.1. The van der Waals surface area contributed by atoms with Gasteiger partial charge in [-0.05, 0) is 41.2 Å². The third kappa shape index (κ3) is 4.94. The highest BCUT2D eigenvalue weighted by Crippen LogP contribution is 2.37. The summed E-state index contributed by atoms with van der Waals surface area (Å²) in [6.45, 7) is 9.69. The highest BCUT2D eigenvalue weighted by atomic mass is 32.1. The first-order valence-corrected chi connectivity index (χ1v) is 12.6. The number of thiophene rings is 1. The van der Waals surface area contributed by atoms with Gasteiger partial charge in [-0.15, -0.1) is 11.3 Å². The molecule has 0 aromatic carbocycles. The molecular formula is C25H32N4O4S. The lowest BCUT2D eigenvalue weighted by Crippen LogP contribution is -2.52. The average Bonchev–Trinajstić information content (AvgIpc) is 3.30. The number of hydrogen-bond donors (Lipinski definition) is 3. The monoisotopic (exact) mass is 484 g/mol. The van der Waals surface area contributed by atoms with E-state index in [0.717, 1.165) is 23.2 Å². The Morgan fingerprint density at radius 3 is 2.68 bits per heavy atom. The van der Waals surface area contributed by atoms with Crippen molar-refractivity contribution in [1.29, 1.82) is 0 Å². The predicted molar refractivity (Wildman–Crippen MR) is 130 cm³/mol. The molecule has 4 rings (SSSR count). The minimum atomic E-state index is -0.629. The SMILES string of the molecule is CC1CC(NCC(=O)NCc2csc3c2CN([C@H]2CCC(=O)NC2=O)C3=O)=CC=C1C(C)(C)C. The molecule has 0 spiro atoms. The van der Waals surface area contributed by atoms with Crippen molar-refractivity contribution in [2.24, 2.45) is 11.3 Å². The maximum absolute atomic E-state index is 12.8. The molecule has 2 atom stereocenters. The maximum Gasteiger partial charge on any atom is 0.265 e. The largest absolute Gasteiger partial charge is 0.380 e. The maximum atomic E-state index is 12.8. The second kappa shape index (κ2) is 9.37. The van der Waals surface area contributed by atoms with Gasteiger partial charge in [0.2, 0.25) is 17.7 Å². The molecule has 34 heavy (non-hydrogen) atoms. The summed E-state index contributed by atoms with van der Waals surface area (Å²) >= 11 is 1.33. The van der Waals surface area contributed by atoms with Crippen molar-refractivity contribution in [1.82, 2.24) is 20.9 Å². The molecule has 1 fully saturated rings.